The minimum atomic E-state index is -3.29. The largest absolute Gasteiger partial charge is 0.342 e. The Labute approximate surface area is 132 Å². The Balaban J connectivity index is 2.57. The summed E-state index contributed by atoms with van der Waals surface area (Å²) in [5.41, 5.74) is 2.61. The molecule has 0 aliphatic carbocycles. The highest BCUT2D eigenvalue weighted by Crippen LogP contribution is 2.63. The summed E-state index contributed by atoms with van der Waals surface area (Å²) in [5.74, 6) is 0. The van der Waals surface area contributed by atoms with Crippen LogP contribution in [-0.2, 0) is 13.6 Å². The summed E-state index contributed by atoms with van der Waals surface area (Å²) in [6, 6.07) is 17.8. The molecule has 0 saturated carbocycles. The Bertz CT molecular complexity index is 630. The molecular weight excluding hydrogens is 295 g/mol. The van der Waals surface area contributed by atoms with Crippen LogP contribution in [0.2, 0.25) is 0 Å². The minimum absolute atomic E-state index is 0.354. The average molecular weight is 318 g/mol. The maximum Gasteiger partial charge on any atom is 0.342 e. The molecular formula is C18H23O3P. The third-order valence-corrected chi connectivity index (χ3v) is 5.87. The third kappa shape index (κ3) is 3.86. The van der Waals surface area contributed by atoms with Gasteiger partial charge in [0.05, 0.1) is 13.2 Å². The summed E-state index contributed by atoms with van der Waals surface area (Å²) >= 11 is 0. The Hall–Kier alpha value is -1.41. The highest BCUT2D eigenvalue weighted by Gasteiger charge is 2.38. The standard InChI is InChI=1S/C18H23O3P/c1-4-20-22(19,21-5-2)18(16-11-7-6-8-12-16)17-13-9-10-15(3)14-17/h6-14,18H,4-5H2,1-3H3. The zero-order chi connectivity index (χ0) is 16.0. The van der Waals surface area contributed by atoms with Gasteiger partial charge in [-0.15, -0.1) is 0 Å². The van der Waals surface area contributed by atoms with Crippen molar-refractivity contribution in [2.75, 3.05) is 13.2 Å². The maximum absolute atomic E-state index is 13.4. The Morgan fingerprint density at radius 2 is 1.50 bits per heavy atom. The van der Waals surface area contributed by atoms with Crippen molar-refractivity contribution in [2.24, 2.45) is 0 Å². The second-order valence-electron chi connectivity index (χ2n) is 5.10. The van der Waals surface area contributed by atoms with E-state index in [0.717, 1.165) is 16.7 Å². The van der Waals surface area contributed by atoms with E-state index in [9.17, 15) is 4.57 Å². The summed E-state index contributed by atoms with van der Waals surface area (Å²) in [7, 11) is -3.29. The fourth-order valence-corrected chi connectivity index (χ4v) is 4.73. The quantitative estimate of drug-likeness (QED) is 0.645. The van der Waals surface area contributed by atoms with Gasteiger partial charge in [-0.25, -0.2) is 0 Å². The Kier molecular flexibility index (Phi) is 5.96. The van der Waals surface area contributed by atoms with Gasteiger partial charge in [-0.2, -0.15) is 0 Å². The van der Waals surface area contributed by atoms with Crippen LogP contribution < -0.4 is 0 Å². The van der Waals surface area contributed by atoms with Crippen molar-refractivity contribution in [1.82, 2.24) is 0 Å². The van der Waals surface area contributed by atoms with Crippen LogP contribution in [-0.4, -0.2) is 13.2 Å². The van der Waals surface area contributed by atoms with Gasteiger partial charge in [0.15, 0.2) is 0 Å². The number of hydrogen-bond acceptors (Lipinski definition) is 3. The van der Waals surface area contributed by atoms with Crippen molar-refractivity contribution < 1.29 is 13.6 Å². The highest BCUT2D eigenvalue weighted by molar-refractivity contribution is 7.54. The number of rotatable bonds is 7. The topological polar surface area (TPSA) is 35.5 Å². The lowest BCUT2D eigenvalue weighted by atomic mass is 10.0. The molecule has 0 aliphatic rings. The van der Waals surface area contributed by atoms with Gasteiger partial charge < -0.3 is 9.05 Å². The monoisotopic (exact) mass is 318 g/mol. The molecule has 0 aromatic heterocycles. The van der Waals surface area contributed by atoms with Crippen LogP contribution in [0.1, 0.15) is 36.2 Å². The van der Waals surface area contributed by atoms with Gasteiger partial charge in [0.25, 0.3) is 0 Å². The molecule has 2 aromatic rings. The van der Waals surface area contributed by atoms with Gasteiger partial charge in [0.2, 0.25) is 0 Å². The van der Waals surface area contributed by atoms with Crippen molar-refractivity contribution >= 4 is 7.60 Å². The van der Waals surface area contributed by atoms with Crippen molar-refractivity contribution in [2.45, 2.75) is 26.4 Å². The summed E-state index contributed by atoms with van der Waals surface area (Å²) in [4.78, 5) is 0. The van der Waals surface area contributed by atoms with Crippen LogP contribution in [0, 0.1) is 6.92 Å². The van der Waals surface area contributed by atoms with Crippen LogP contribution in [0.4, 0.5) is 0 Å². The maximum atomic E-state index is 13.4. The molecule has 0 fully saturated rings. The van der Waals surface area contributed by atoms with Crippen LogP contribution >= 0.6 is 7.60 Å². The van der Waals surface area contributed by atoms with Gasteiger partial charge in [-0.3, -0.25) is 4.57 Å². The lowest BCUT2D eigenvalue weighted by Crippen LogP contribution is -2.08. The first-order chi connectivity index (χ1) is 10.6. The fraction of sp³-hybridized carbons (Fsp3) is 0.333. The molecule has 1 atom stereocenters. The molecule has 0 N–H and O–H groups in total. The number of aryl methyl sites for hydroxylation is 1. The molecule has 2 rings (SSSR count). The molecule has 0 spiro atoms. The van der Waals surface area contributed by atoms with Gasteiger partial charge in [-0.1, -0.05) is 60.2 Å². The van der Waals surface area contributed by atoms with Crippen LogP contribution in [0.5, 0.6) is 0 Å². The van der Waals surface area contributed by atoms with Crippen molar-refractivity contribution in [3.63, 3.8) is 0 Å². The molecule has 0 radical (unpaired) electrons. The molecule has 1 unspecified atom stereocenters. The predicted molar refractivity (Wildman–Crippen MR) is 90.3 cm³/mol. The van der Waals surface area contributed by atoms with Crippen LogP contribution in [0.15, 0.2) is 54.6 Å². The van der Waals surface area contributed by atoms with Crippen LogP contribution in [0.25, 0.3) is 0 Å². The molecule has 0 bridgehead atoms. The molecule has 3 nitrogen and oxygen atoms in total. The van der Waals surface area contributed by atoms with Gasteiger partial charge >= 0.3 is 7.60 Å². The molecule has 118 valence electrons. The Morgan fingerprint density at radius 1 is 0.909 bits per heavy atom. The molecule has 0 heterocycles. The molecule has 0 amide bonds. The molecule has 0 aliphatic heterocycles. The van der Waals surface area contributed by atoms with Crippen LogP contribution in [0.3, 0.4) is 0 Å². The number of benzene rings is 2. The molecule has 22 heavy (non-hydrogen) atoms. The van der Waals surface area contributed by atoms with E-state index in [0.29, 0.717) is 13.2 Å². The zero-order valence-corrected chi connectivity index (χ0v) is 14.3. The lowest BCUT2D eigenvalue weighted by Gasteiger charge is -2.27. The smallest absolute Gasteiger partial charge is 0.308 e. The van der Waals surface area contributed by atoms with Crippen molar-refractivity contribution in [3.8, 4) is 0 Å². The predicted octanol–water partition coefficient (Wildman–Crippen LogP) is 5.35. The summed E-state index contributed by atoms with van der Waals surface area (Å²) < 4.78 is 24.6. The lowest BCUT2D eigenvalue weighted by molar-refractivity contribution is 0.215. The van der Waals surface area contributed by atoms with Gasteiger partial charge in [0, 0.05) is 0 Å². The summed E-state index contributed by atoms with van der Waals surface area (Å²) in [5, 5.41) is 0. The van der Waals surface area contributed by atoms with E-state index < -0.39 is 13.3 Å². The zero-order valence-electron chi connectivity index (χ0n) is 13.4. The van der Waals surface area contributed by atoms with E-state index in [1.54, 1.807) is 0 Å². The van der Waals surface area contributed by atoms with Gasteiger partial charge in [0.1, 0.15) is 5.66 Å². The summed E-state index contributed by atoms with van der Waals surface area (Å²) in [6.07, 6.45) is 0. The second-order valence-corrected chi connectivity index (χ2v) is 7.22. The fourth-order valence-electron chi connectivity index (χ4n) is 2.58. The van der Waals surface area contributed by atoms with E-state index in [1.165, 1.54) is 0 Å². The SMILES string of the molecule is CCOP(=O)(OCC)C(c1ccccc1)c1cccc(C)c1. The Morgan fingerprint density at radius 3 is 2.05 bits per heavy atom. The molecule has 2 aromatic carbocycles. The first kappa shape index (κ1) is 17.0. The number of hydrogen-bond donors (Lipinski definition) is 0. The first-order valence-electron chi connectivity index (χ1n) is 7.61. The van der Waals surface area contributed by atoms with E-state index in [1.807, 2.05) is 75.4 Å². The van der Waals surface area contributed by atoms with E-state index in [2.05, 4.69) is 0 Å². The molecule has 0 saturated heterocycles. The van der Waals surface area contributed by atoms with Crippen molar-refractivity contribution in [3.05, 3.63) is 71.3 Å². The van der Waals surface area contributed by atoms with Crippen molar-refractivity contribution in [1.29, 1.82) is 0 Å². The minimum Gasteiger partial charge on any atom is -0.308 e. The normalized spacial score (nSPS) is 13.0. The second kappa shape index (κ2) is 7.73. The molecule has 4 heteroatoms. The summed E-state index contributed by atoms with van der Waals surface area (Å²) in [6.45, 7) is 6.41. The van der Waals surface area contributed by atoms with Gasteiger partial charge in [-0.05, 0) is 31.9 Å². The third-order valence-electron chi connectivity index (χ3n) is 3.41. The van der Waals surface area contributed by atoms with E-state index >= 15 is 0 Å². The average Bonchev–Trinajstić information content (AvgIpc) is 2.49. The first-order valence-corrected chi connectivity index (χ1v) is 9.22. The van der Waals surface area contributed by atoms with E-state index in [4.69, 9.17) is 9.05 Å². The highest BCUT2D eigenvalue weighted by atomic mass is 31.2. The van der Waals surface area contributed by atoms with E-state index in [-0.39, 0.29) is 0 Å².